The third-order valence-electron chi connectivity index (χ3n) is 8.36. The molecule has 0 aromatic heterocycles. The van der Waals surface area contributed by atoms with Crippen molar-refractivity contribution in [2.24, 2.45) is 28.3 Å². The molecular weight excluding hydrogens is 338 g/mol. The molecule has 4 nitrogen and oxygen atoms in total. The molecule has 4 aliphatic rings. The van der Waals surface area contributed by atoms with E-state index in [1.165, 1.54) is 18.9 Å². The molecule has 0 unspecified atom stereocenters. The van der Waals surface area contributed by atoms with Crippen LogP contribution in [0.1, 0.15) is 78.1 Å². The van der Waals surface area contributed by atoms with Crippen LogP contribution in [0.4, 0.5) is 0 Å². The molecule has 4 aliphatic carbocycles. The molecule has 0 aliphatic heterocycles. The number of terminal acetylenes is 1. The molecule has 0 radical (unpaired) electrons. The number of rotatable bonds is 2. The number of nitrogens with zero attached hydrogens (tertiary/aromatic N) is 1. The molecule has 27 heavy (non-hydrogen) atoms. The fourth-order valence-corrected chi connectivity index (χ4v) is 7.33. The van der Waals surface area contributed by atoms with E-state index in [0.717, 1.165) is 63.5 Å². The third-order valence-corrected chi connectivity index (χ3v) is 8.36. The van der Waals surface area contributed by atoms with Gasteiger partial charge in [-0.2, -0.15) is 0 Å². The molecule has 2 saturated carbocycles. The fourth-order valence-electron chi connectivity index (χ4n) is 7.33. The average molecular weight is 370 g/mol. The largest absolute Gasteiger partial charge is 0.445 e. The number of fused-ring (bicyclic) bond motifs is 4. The molecule has 0 saturated heterocycles. The summed E-state index contributed by atoms with van der Waals surface area (Å²) in [5, 5.41) is 12.7. The lowest BCUT2D eigenvalue weighted by Gasteiger charge is -2.55. The molecule has 0 spiro atoms. The van der Waals surface area contributed by atoms with Crippen molar-refractivity contribution in [1.82, 2.24) is 0 Å². The number of hydrogen-bond donors (Lipinski definition) is 1. The van der Waals surface area contributed by atoms with Crippen LogP contribution in [-0.2, 0) is 9.53 Å². The van der Waals surface area contributed by atoms with E-state index in [1.54, 1.807) is 5.57 Å². The smallest absolute Gasteiger partial charge is 0.304 e. The van der Waals surface area contributed by atoms with Crippen molar-refractivity contribution in [1.29, 1.82) is 0 Å². The lowest BCUT2D eigenvalue weighted by molar-refractivity contribution is -0.169. The third kappa shape index (κ3) is 2.57. The molecular formula is C23H31NO3. The number of allylic oxidation sites excluding steroid dienone is 2. The number of esters is 1. The van der Waals surface area contributed by atoms with Gasteiger partial charge in [-0.05, 0) is 75.5 Å². The summed E-state index contributed by atoms with van der Waals surface area (Å²) in [6, 6.07) is 0. The maximum absolute atomic E-state index is 11.9. The van der Waals surface area contributed by atoms with E-state index in [9.17, 15) is 4.79 Å². The van der Waals surface area contributed by atoms with Gasteiger partial charge in [0.1, 0.15) is 0 Å². The Balaban J connectivity index is 1.67. The summed E-state index contributed by atoms with van der Waals surface area (Å²) in [4.78, 5) is 11.9. The standard InChI is InChI=1S/C23H31NO3/c1-4-22-12-10-19-18-9-7-17(24-26)14-16(18)6-8-20(19)21(22)11-13-23(22,5-2)27-15(3)25/h2,19-21,26H,4,6-14H2,1,3H3/b24-17+/t19-,20-,21+,22+,23+/m1/s1. The van der Waals surface area contributed by atoms with Gasteiger partial charge in [0.25, 0.3) is 0 Å². The zero-order valence-corrected chi connectivity index (χ0v) is 16.6. The Morgan fingerprint density at radius 2 is 2.11 bits per heavy atom. The second-order valence-corrected chi connectivity index (χ2v) is 9.04. The van der Waals surface area contributed by atoms with Gasteiger partial charge in [0.15, 0.2) is 5.60 Å². The topological polar surface area (TPSA) is 58.9 Å². The first-order valence-corrected chi connectivity index (χ1v) is 10.6. The number of hydrogen-bond acceptors (Lipinski definition) is 4. The molecule has 2 fully saturated rings. The number of ether oxygens (including phenoxy) is 1. The van der Waals surface area contributed by atoms with Crippen LogP contribution >= 0.6 is 0 Å². The SMILES string of the molecule is C#C[C@]1(OC(C)=O)CC[C@H]2[C@@H]3CCC4=C(CC/C(=N\O)C4)[C@H]3CC[C@@]21CC. The Morgan fingerprint density at radius 3 is 2.78 bits per heavy atom. The highest BCUT2D eigenvalue weighted by molar-refractivity contribution is 5.87. The molecule has 0 bridgehead atoms. The van der Waals surface area contributed by atoms with Crippen molar-refractivity contribution < 1.29 is 14.7 Å². The number of carbonyl (C=O) groups is 1. The van der Waals surface area contributed by atoms with Crippen molar-refractivity contribution >= 4 is 11.7 Å². The van der Waals surface area contributed by atoms with Crippen LogP contribution in [0.15, 0.2) is 16.3 Å². The van der Waals surface area contributed by atoms with E-state index in [1.807, 2.05) is 0 Å². The van der Waals surface area contributed by atoms with Crippen LogP contribution in [0, 0.1) is 35.5 Å². The molecule has 5 atom stereocenters. The predicted molar refractivity (Wildman–Crippen MR) is 104 cm³/mol. The maximum Gasteiger partial charge on any atom is 0.304 e. The van der Waals surface area contributed by atoms with E-state index < -0.39 is 5.60 Å². The van der Waals surface area contributed by atoms with Crippen LogP contribution in [0.3, 0.4) is 0 Å². The number of carbonyl (C=O) groups excluding carboxylic acids is 1. The van der Waals surface area contributed by atoms with Gasteiger partial charge >= 0.3 is 5.97 Å². The normalized spacial score (nSPS) is 42.1. The Bertz CT molecular complexity index is 745. The molecule has 4 heteroatoms. The first-order chi connectivity index (χ1) is 13.0. The van der Waals surface area contributed by atoms with Gasteiger partial charge in [0, 0.05) is 18.8 Å². The quantitative estimate of drug-likeness (QED) is 0.249. The van der Waals surface area contributed by atoms with Gasteiger partial charge < -0.3 is 9.94 Å². The summed E-state index contributed by atoms with van der Waals surface area (Å²) in [7, 11) is 0. The second-order valence-electron chi connectivity index (χ2n) is 9.04. The average Bonchev–Trinajstić information content (AvgIpc) is 3.01. The summed E-state index contributed by atoms with van der Waals surface area (Å²) >= 11 is 0. The van der Waals surface area contributed by atoms with Crippen LogP contribution in [0.5, 0.6) is 0 Å². The zero-order chi connectivity index (χ0) is 19.2. The Hall–Kier alpha value is -1.76. The predicted octanol–water partition coefficient (Wildman–Crippen LogP) is 4.86. The highest BCUT2D eigenvalue weighted by Crippen LogP contribution is 2.66. The van der Waals surface area contributed by atoms with Gasteiger partial charge in [-0.1, -0.05) is 29.1 Å². The first kappa shape index (κ1) is 18.6. The molecule has 4 rings (SSSR count). The highest BCUT2D eigenvalue weighted by Gasteiger charge is 2.65. The summed E-state index contributed by atoms with van der Waals surface area (Å²) in [6.07, 6.45) is 16.2. The molecule has 0 aromatic carbocycles. The molecule has 0 amide bonds. The van der Waals surface area contributed by atoms with E-state index in [-0.39, 0.29) is 11.4 Å². The Labute approximate surface area is 162 Å². The van der Waals surface area contributed by atoms with Crippen LogP contribution < -0.4 is 0 Å². The maximum atomic E-state index is 11.9. The minimum atomic E-state index is -0.721. The lowest BCUT2D eigenvalue weighted by atomic mass is 9.51. The first-order valence-electron chi connectivity index (χ1n) is 10.6. The van der Waals surface area contributed by atoms with Crippen LogP contribution in [0.2, 0.25) is 0 Å². The summed E-state index contributed by atoms with van der Waals surface area (Å²) in [5.74, 6) is 4.55. The zero-order valence-electron chi connectivity index (χ0n) is 16.6. The summed E-state index contributed by atoms with van der Waals surface area (Å²) in [6.45, 7) is 3.72. The minimum Gasteiger partial charge on any atom is -0.445 e. The second kappa shape index (κ2) is 6.69. The monoisotopic (exact) mass is 369 g/mol. The number of oxime groups is 1. The van der Waals surface area contributed by atoms with E-state index in [0.29, 0.717) is 17.8 Å². The minimum absolute atomic E-state index is 0.0704. The van der Waals surface area contributed by atoms with Crippen LogP contribution in [0.25, 0.3) is 0 Å². The van der Waals surface area contributed by atoms with Gasteiger partial charge in [-0.3, -0.25) is 4.79 Å². The Kier molecular flexibility index (Phi) is 4.61. The summed E-state index contributed by atoms with van der Waals surface area (Å²) < 4.78 is 5.90. The lowest BCUT2D eigenvalue weighted by Crippen LogP contribution is -2.54. The fraction of sp³-hybridized carbons (Fsp3) is 0.739. The van der Waals surface area contributed by atoms with Gasteiger partial charge in [0.05, 0.1) is 5.71 Å². The van der Waals surface area contributed by atoms with Gasteiger partial charge in [-0.15, -0.1) is 6.42 Å². The van der Waals surface area contributed by atoms with Gasteiger partial charge in [-0.25, -0.2) is 0 Å². The van der Waals surface area contributed by atoms with Crippen molar-refractivity contribution in [3.63, 3.8) is 0 Å². The molecule has 0 aromatic rings. The van der Waals surface area contributed by atoms with E-state index in [4.69, 9.17) is 16.4 Å². The molecule has 1 N–H and O–H groups in total. The van der Waals surface area contributed by atoms with E-state index in [2.05, 4.69) is 18.0 Å². The molecule has 0 heterocycles. The van der Waals surface area contributed by atoms with Crippen molar-refractivity contribution in [3.05, 3.63) is 11.1 Å². The Morgan fingerprint density at radius 1 is 1.30 bits per heavy atom. The summed E-state index contributed by atoms with van der Waals surface area (Å²) in [5.41, 5.74) is 3.32. The molecule has 146 valence electrons. The van der Waals surface area contributed by atoms with Crippen LogP contribution in [-0.4, -0.2) is 22.5 Å². The van der Waals surface area contributed by atoms with E-state index >= 15 is 0 Å². The van der Waals surface area contributed by atoms with Crippen molar-refractivity contribution in [3.8, 4) is 12.3 Å². The van der Waals surface area contributed by atoms with Crippen molar-refractivity contribution in [2.45, 2.75) is 83.7 Å². The highest BCUT2D eigenvalue weighted by atomic mass is 16.6. The van der Waals surface area contributed by atoms with Crippen molar-refractivity contribution in [2.75, 3.05) is 0 Å². The van der Waals surface area contributed by atoms with Gasteiger partial charge in [0.2, 0.25) is 0 Å².